The number of benzene rings is 3. The summed E-state index contributed by atoms with van der Waals surface area (Å²) in [6.07, 6.45) is 7.73. The lowest BCUT2D eigenvalue weighted by Crippen LogP contribution is -2.61. The molecule has 3 aromatic carbocycles. The van der Waals surface area contributed by atoms with Crippen molar-refractivity contribution in [1.29, 1.82) is 0 Å². The number of hydrogen-bond donors (Lipinski definition) is 4. The molecule has 4 amide bonds. The highest BCUT2D eigenvalue weighted by molar-refractivity contribution is 6.42. The van der Waals surface area contributed by atoms with Crippen molar-refractivity contribution in [2.75, 3.05) is 51.1 Å². The van der Waals surface area contributed by atoms with E-state index in [1.165, 1.54) is 18.2 Å². The Hall–Kier alpha value is -5.18. The van der Waals surface area contributed by atoms with Gasteiger partial charge in [0.1, 0.15) is 17.7 Å². The molecular weight excluding hydrogens is 814 g/mol. The van der Waals surface area contributed by atoms with Crippen molar-refractivity contribution >= 4 is 52.8 Å². The molecule has 4 atom stereocenters. The van der Waals surface area contributed by atoms with Crippen LogP contribution in [0.25, 0.3) is 16.8 Å². The van der Waals surface area contributed by atoms with Crippen molar-refractivity contribution in [2.24, 2.45) is 16.3 Å². The summed E-state index contributed by atoms with van der Waals surface area (Å²) in [6, 6.07) is 18.9. The van der Waals surface area contributed by atoms with Crippen LogP contribution in [0.5, 0.6) is 0 Å². The largest absolute Gasteiger partial charge is 0.374 e. The number of amides is 4. The van der Waals surface area contributed by atoms with Gasteiger partial charge in [-0.25, -0.2) is 8.78 Å². The molecule has 6 aliphatic rings. The van der Waals surface area contributed by atoms with Crippen LogP contribution in [0.1, 0.15) is 74.8 Å². The highest BCUT2D eigenvalue weighted by Crippen LogP contribution is 2.42. The Bertz CT molecular complexity index is 2280. The van der Waals surface area contributed by atoms with Crippen molar-refractivity contribution in [1.82, 2.24) is 30.7 Å². The second kappa shape index (κ2) is 17.9. The Morgan fingerprint density at radius 3 is 2.42 bits per heavy atom. The number of anilines is 1. The third-order valence-corrected chi connectivity index (χ3v) is 14.0. The van der Waals surface area contributed by atoms with Gasteiger partial charge in [-0.2, -0.15) is 0 Å². The van der Waals surface area contributed by atoms with E-state index in [4.69, 9.17) is 11.6 Å². The SMILES string of the molecule is O=C1CCC(Nc2ccc(C3CCN(CC(=O)N4CCC5(C4)CN(C(=O)[C@H]4CCCC(NC6N=CC(Cl)=C(c7cccc(-c8ccc(F)cc8)c7)N6)C4)C5)CC3)c(F)c2)C(=O)N1. The quantitative estimate of drug-likeness (QED) is 0.188. The number of carbonyl (C=O) groups excluding carboxylic acids is 4. The van der Waals surface area contributed by atoms with Gasteiger partial charge >= 0.3 is 0 Å². The van der Waals surface area contributed by atoms with Crippen LogP contribution in [0.3, 0.4) is 0 Å². The van der Waals surface area contributed by atoms with Crippen LogP contribution >= 0.6 is 11.6 Å². The average Bonchev–Trinajstić information content (AvgIpc) is 3.72. The van der Waals surface area contributed by atoms with Gasteiger partial charge in [0, 0.05) is 61.9 Å². The number of nitrogens with one attached hydrogen (secondary N) is 4. The van der Waals surface area contributed by atoms with Gasteiger partial charge in [0.25, 0.3) is 0 Å². The molecule has 9 rings (SSSR count). The standard InChI is InChI=1S/C47H53ClF2N8O4/c48-38-24-51-46(55-43(38)32-4-1-3-31(21-32)29-7-9-34(49)10-8-29)53-35-6-2-5-33(22-35)45(62)58-27-47(28-58)17-20-57(26-47)42(60)25-56-18-15-30(16-19-56)37-12-11-36(23-39(37)50)52-40-13-14-41(59)54-44(40)61/h1,3-4,7-12,21,23-24,30,33,35,40,46,52-53,55H,2,5-6,13-20,22,25-28H2,(H,54,59,61)/t33-,35?,40?,46?/m0/s1. The molecule has 62 heavy (non-hydrogen) atoms. The van der Waals surface area contributed by atoms with Crippen LogP contribution in [0.15, 0.2) is 76.8 Å². The van der Waals surface area contributed by atoms with Crippen molar-refractivity contribution < 1.29 is 28.0 Å². The molecule has 1 spiro atoms. The molecule has 5 aliphatic heterocycles. The maximum Gasteiger partial charge on any atom is 0.249 e. The summed E-state index contributed by atoms with van der Waals surface area (Å²) in [5, 5.41) is 12.9. The van der Waals surface area contributed by atoms with Gasteiger partial charge in [-0.1, -0.05) is 54.4 Å². The first-order valence-electron chi connectivity index (χ1n) is 22.0. The molecule has 15 heteroatoms. The van der Waals surface area contributed by atoms with Gasteiger partial charge in [-0.3, -0.25) is 39.7 Å². The monoisotopic (exact) mass is 866 g/mol. The molecule has 0 aromatic heterocycles. The second-order valence-corrected chi connectivity index (χ2v) is 18.5. The molecule has 3 unspecified atom stereocenters. The lowest BCUT2D eigenvalue weighted by molar-refractivity contribution is -0.149. The van der Waals surface area contributed by atoms with E-state index < -0.39 is 18.2 Å². The average molecular weight is 867 g/mol. The van der Waals surface area contributed by atoms with E-state index in [1.54, 1.807) is 30.5 Å². The first-order chi connectivity index (χ1) is 30.0. The molecule has 326 valence electrons. The number of halogens is 3. The first kappa shape index (κ1) is 42.1. The maximum atomic E-state index is 15.3. The molecular formula is C47H53ClF2N8O4. The Balaban J connectivity index is 0.707. The number of hydrogen-bond acceptors (Lipinski definition) is 9. The minimum Gasteiger partial charge on any atom is -0.374 e. The zero-order valence-corrected chi connectivity index (χ0v) is 35.4. The van der Waals surface area contributed by atoms with Crippen LogP contribution < -0.4 is 21.3 Å². The van der Waals surface area contributed by atoms with E-state index in [0.717, 1.165) is 67.3 Å². The fraction of sp³-hybridized carbons (Fsp3) is 0.468. The summed E-state index contributed by atoms with van der Waals surface area (Å²) in [7, 11) is 0. The number of imide groups is 1. The fourth-order valence-corrected chi connectivity index (χ4v) is 10.5. The van der Waals surface area contributed by atoms with Gasteiger partial charge in [0.2, 0.25) is 23.6 Å². The molecule has 5 fully saturated rings. The zero-order chi connectivity index (χ0) is 43.0. The first-order valence-corrected chi connectivity index (χ1v) is 22.4. The van der Waals surface area contributed by atoms with Gasteiger partial charge in [0.15, 0.2) is 6.29 Å². The maximum absolute atomic E-state index is 15.3. The summed E-state index contributed by atoms with van der Waals surface area (Å²) in [6.45, 7) is 4.47. The molecule has 12 nitrogen and oxygen atoms in total. The van der Waals surface area contributed by atoms with Gasteiger partial charge < -0.3 is 20.4 Å². The van der Waals surface area contributed by atoms with E-state index >= 15 is 4.39 Å². The van der Waals surface area contributed by atoms with E-state index in [0.29, 0.717) is 68.5 Å². The van der Waals surface area contributed by atoms with Crippen molar-refractivity contribution in [2.45, 2.75) is 82.1 Å². The summed E-state index contributed by atoms with van der Waals surface area (Å²) < 4.78 is 28.8. The number of nitrogens with zero attached hydrogens (tertiary/aromatic N) is 4. The molecule has 4 N–H and O–H groups in total. The lowest BCUT2D eigenvalue weighted by atomic mass is 9.77. The summed E-state index contributed by atoms with van der Waals surface area (Å²) in [4.78, 5) is 61.6. The molecule has 4 saturated heterocycles. The Labute approximate surface area is 365 Å². The van der Waals surface area contributed by atoms with Crippen molar-refractivity contribution in [3.63, 3.8) is 0 Å². The van der Waals surface area contributed by atoms with Crippen LogP contribution in [0, 0.1) is 23.0 Å². The van der Waals surface area contributed by atoms with E-state index in [1.807, 2.05) is 34.1 Å². The molecule has 3 aromatic rings. The van der Waals surface area contributed by atoms with E-state index in [2.05, 4.69) is 31.2 Å². The number of likely N-dealkylation sites (tertiary alicyclic amines) is 3. The van der Waals surface area contributed by atoms with Crippen LogP contribution in [0.2, 0.25) is 0 Å². The highest BCUT2D eigenvalue weighted by atomic mass is 35.5. The predicted octanol–water partition coefficient (Wildman–Crippen LogP) is 5.80. The fourth-order valence-electron chi connectivity index (χ4n) is 10.3. The van der Waals surface area contributed by atoms with Gasteiger partial charge in [0.05, 0.1) is 17.3 Å². The molecule has 1 saturated carbocycles. The molecule has 0 radical (unpaired) electrons. The molecule has 0 bridgehead atoms. The molecule has 1 aliphatic carbocycles. The summed E-state index contributed by atoms with van der Waals surface area (Å²) in [5.41, 5.74) is 4.61. The Morgan fingerprint density at radius 1 is 0.871 bits per heavy atom. The van der Waals surface area contributed by atoms with Crippen molar-refractivity contribution in [3.8, 4) is 11.1 Å². The second-order valence-electron chi connectivity index (χ2n) is 18.1. The third-order valence-electron chi connectivity index (χ3n) is 13.7. The Kier molecular flexibility index (Phi) is 12.2. The number of carbonyl (C=O) groups is 4. The van der Waals surface area contributed by atoms with Crippen LogP contribution in [-0.4, -0.2) is 109 Å². The number of rotatable bonds is 10. The van der Waals surface area contributed by atoms with Crippen LogP contribution in [-0.2, 0) is 19.2 Å². The smallest absolute Gasteiger partial charge is 0.249 e. The minimum absolute atomic E-state index is 0.0424. The van der Waals surface area contributed by atoms with E-state index in [-0.39, 0.29) is 59.1 Å². The third kappa shape index (κ3) is 9.28. The van der Waals surface area contributed by atoms with Gasteiger partial charge in [-0.15, -0.1) is 0 Å². The summed E-state index contributed by atoms with van der Waals surface area (Å²) in [5.74, 6) is -1.00. The van der Waals surface area contributed by atoms with Crippen LogP contribution in [0.4, 0.5) is 14.5 Å². The Morgan fingerprint density at radius 2 is 1.65 bits per heavy atom. The van der Waals surface area contributed by atoms with E-state index in [9.17, 15) is 23.6 Å². The normalized spacial score (nSPS) is 25.4. The predicted molar refractivity (Wildman–Crippen MR) is 234 cm³/mol. The van der Waals surface area contributed by atoms with Crippen molar-refractivity contribution in [3.05, 3.63) is 94.5 Å². The minimum atomic E-state index is -0.572. The van der Waals surface area contributed by atoms with Gasteiger partial charge in [-0.05, 0) is 117 Å². The topological polar surface area (TPSA) is 138 Å². The molecule has 5 heterocycles. The highest BCUT2D eigenvalue weighted by Gasteiger charge is 2.51. The summed E-state index contributed by atoms with van der Waals surface area (Å²) >= 11 is 6.64. The number of piperidine rings is 2. The number of allylic oxidation sites excluding steroid dienone is 1. The zero-order valence-electron chi connectivity index (χ0n) is 34.7. The lowest BCUT2D eigenvalue weighted by Gasteiger charge is -2.49. The number of aliphatic imine (C=N–C) groups is 1.